The van der Waals surface area contributed by atoms with Gasteiger partial charge in [-0.3, -0.25) is 0 Å². The van der Waals surface area contributed by atoms with Gasteiger partial charge in [0.15, 0.2) is 5.84 Å². The minimum absolute atomic E-state index is 0.424. The van der Waals surface area contributed by atoms with Gasteiger partial charge in [-0.1, -0.05) is 237 Å². The Morgan fingerprint density at radius 3 is 1.68 bits per heavy atom. The number of hydrogen-bond acceptors (Lipinski definition) is 4. The smallest absolute Gasteiger partial charge is 0.160 e. The lowest BCUT2D eigenvalue weighted by Crippen LogP contribution is -2.33. The maximum Gasteiger partial charge on any atom is 0.160 e. The van der Waals surface area contributed by atoms with Crippen LogP contribution in [0, 0.1) is 0 Å². The highest BCUT2D eigenvalue weighted by Crippen LogP contribution is 2.44. The second-order valence-electron chi connectivity index (χ2n) is 20.9. The molecule has 0 aliphatic carbocycles. The van der Waals surface area contributed by atoms with Crippen molar-refractivity contribution < 1.29 is 4.42 Å². The Kier molecular flexibility index (Phi) is 10.6. The van der Waals surface area contributed by atoms with E-state index >= 15 is 0 Å². The third-order valence-corrected chi connectivity index (χ3v) is 16.2. The van der Waals surface area contributed by atoms with E-state index in [0.29, 0.717) is 5.84 Å². The summed E-state index contributed by atoms with van der Waals surface area (Å²) in [7, 11) is 0. The lowest BCUT2D eigenvalue weighted by Gasteiger charge is -2.24. The molecule has 0 radical (unpaired) electrons. The number of nitrogens with one attached hydrogen (secondary N) is 1. The molecule has 3 heterocycles. The third kappa shape index (κ3) is 7.62. The molecule has 1 N–H and O–H groups in total. The SMILES string of the molecule is c1ccc(-c2ccccc2-c2ccc(-c3cc4c(cc3-n3c5ccccc5c5cc6ccccc6cc53)oc3cccc(C5=NC(c6ccc7ccccc7c6)NC(c6ccc(-c7cccc8ccccc78)cc6)=N5)c34)cc2)cc1. The molecular formula is C75H48N4O. The van der Waals surface area contributed by atoms with Crippen molar-refractivity contribution in [2.45, 2.75) is 6.17 Å². The van der Waals surface area contributed by atoms with Crippen LogP contribution in [0.1, 0.15) is 22.9 Å². The van der Waals surface area contributed by atoms with Crippen LogP contribution >= 0.6 is 0 Å². The second kappa shape index (κ2) is 18.5. The average molecular weight is 1020 g/mol. The molecule has 15 aromatic rings. The number of furan rings is 1. The maximum absolute atomic E-state index is 7.06. The summed E-state index contributed by atoms with van der Waals surface area (Å²) < 4.78 is 9.50. The second-order valence-corrected chi connectivity index (χ2v) is 20.9. The Balaban J connectivity index is 0.898. The van der Waals surface area contributed by atoms with Gasteiger partial charge in [-0.05, 0) is 113 Å². The van der Waals surface area contributed by atoms with Gasteiger partial charge in [0.1, 0.15) is 23.2 Å². The van der Waals surface area contributed by atoms with E-state index in [1.165, 1.54) is 60.0 Å². The molecule has 0 amide bonds. The molecule has 80 heavy (non-hydrogen) atoms. The molecule has 0 saturated carbocycles. The molecule has 0 fully saturated rings. The average Bonchev–Trinajstić information content (AvgIpc) is 4.11. The Hall–Kier alpha value is -10.6. The van der Waals surface area contributed by atoms with E-state index < -0.39 is 6.17 Å². The number of benzene rings is 13. The molecule has 0 saturated heterocycles. The maximum atomic E-state index is 7.06. The zero-order valence-corrected chi connectivity index (χ0v) is 43.4. The van der Waals surface area contributed by atoms with Crippen LogP contribution in [-0.2, 0) is 0 Å². The summed E-state index contributed by atoms with van der Waals surface area (Å²) >= 11 is 0. The Bertz CT molecular complexity index is 5020. The van der Waals surface area contributed by atoms with Gasteiger partial charge < -0.3 is 14.3 Å². The van der Waals surface area contributed by atoms with Gasteiger partial charge in [-0.2, -0.15) is 0 Å². The van der Waals surface area contributed by atoms with Crippen molar-refractivity contribution in [2.24, 2.45) is 9.98 Å². The molecule has 0 bridgehead atoms. The Morgan fingerprint density at radius 2 is 0.900 bits per heavy atom. The summed E-state index contributed by atoms with van der Waals surface area (Å²) in [4.78, 5) is 11.0. The zero-order valence-electron chi connectivity index (χ0n) is 43.4. The van der Waals surface area contributed by atoms with Gasteiger partial charge in [0, 0.05) is 44.3 Å². The number of rotatable bonds is 8. The van der Waals surface area contributed by atoms with Crippen molar-refractivity contribution in [3.8, 4) is 50.2 Å². The molecule has 5 heteroatoms. The van der Waals surface area contributed by atoms with E-state index in [1.54, 1.807) is 0 Å². The third-order valence-electron chi connectivity index (χ3n) is 16.2. The lowest BCUT2D eigenvalue weighted by atomic mass is 9.92. The fourth-order valence-electron chi connectivity index (χ4n) is 12.4. The summed E-state index contributed by atoms with van der Waals surface area (Å²) in [6, 6.07) is 100. The summed E-state index contributed by atoms with van der Waals surface area (Å²) in [5.41, 5.74) is 17.0. The number of para-hydroxylation sites is 1. The minimum Gasteiger partial charge on any atom is -0.456 e. The summed E-state index contributed by atoms with van der Waals surface area (Å²) in [5, 5.41) is 15.3. The number of hydrogen-bond donors (Lipinski definition) is 1. The standard InChI is InChI=1S/C75H48N4O/c1-2-17-48(18-3-1)58-25-10-11-26-60(58)50-33-35-52(36-34-50)64-45-66-71(46-69(64)79-67-30-13-12-27-62(67)65-43-55-21-6-7-22-56(55)44-68(65)79)80-70-31-15-29-63(72(66)70)75-77-73(76-74(78-75)57-41-32-47-16-4-5-20-54(47)42-57)53-39-37-51(38-40-53)61-28-14-23-49-19-8-9-24-59(49)61/h1-46,74H,(H,76,77,78). The quantitative estimate of drug-likeness (QED) is 0.165. The lowest BCUT2D eigenvalue weighted by molar-refractivity contribution is 0.668. The topological polar surface area (TPSA) is 54.8 Å². The molecule has 1 aliphatic rings. The molecule has 1 aliphatic heterocycles. The van der Waals surface area contributed by atoms with Gasteiger partial charge in [0.05, 0.1) is 16.7 Å². The van der Waals surface area contributed by atoms with Crippen LogP contribution in [0.2, 0.25) is 0 Å². The van der Waals surface area contributed by atoms with Crippen LogP contribution in [0.5, 0.6) is 0 Å². The Morgan fingerprint density at radius 1 is 0.338 bits per heavy atom. The summed E-state index contributed by atoms with van der Waals surface area (Å²) in [5.74, 6) is 1.38. The van der Waals surface area contributed by atoms with Crippen molar-refractivity contribution in [2.75, 3.05) is 0 Å². The zero-order chi connectivity index (χ0) is 52.7. The van der Waals surface area contributed by atoms with Crippen molar-refractivity contribution in [1.29, 1.82) is 0 Å². The predicted molar refractivity (Wildman–Crippen MR) is 334 cm³/mol. The van der Waals surface area contributed by atoms with Crippen LogP contribution in [0.25, 0.3) is 126 Å². The van der Waals surface area contributed by atoms with Crippen molar-refractivity contribution in [3.63, 3.8) is 0 Å². The normalized spacial score (nSPS) is 13.6. The first-order valence-corrected chi connectivity index (χ1v) is 27.3. The van der Waals surface area contributed by atoms with Crippen LogP contribution in [0.15, 0.2) is 293 Å². The molecular weight excluding hydrogens is 973 g/mol. The fraction of sp³-hybridized carbons (Fsp3) is 0.0133. The fourth-order valence-corrected chi connectivity index (χ4v) is 12.4. The highest BCUT2D eigenvalue weighted by atomic mass is 16.3. The molecule has 16 rings (SSSR count). The first-order chi connectivity index (χ1) is 39.6. The largest absolute Gasteiger partial charge is 0.456 e. The van der Waals surface area contributed by atoms with Gasteiger partial charge in [0.2, 0.25) is 0 Å². The first-order valence-electron chi connectivity index (χ1n) is 27.3. The molecule has 0 spiro atoms. The van der Waals surface area contributed by atoms with Crippen molar-refractivity contribution in [1.82, 2.24) is 9.88 Å². The van der Waals surface area contributed by atoms with Crippen LogP contribution in [0.3, 0.4) is 0 Å². The first kappa shape index (κ1) is 45.6. The van der Waals surface area contributed by atoms with E-state index in [-0.39, 0.29) is 0 Å². The van der Waals surface area contributed by atoms with Crippen LogP contribution < -0.4 is 5.32 Å². The van der Waals surface area contributed by atoms with Crippen molar-refractivity contribution in [3.05, 3.63) is 296 Å². The molecule has 2 aromatic heterocycles. The number of amidine groups is 2. The monoisotopic (exact) mass is 1020 g/mol. The summed E-state index contributed by atoms with van der Waals surface area (Å²) in [6.45, 7) is 0. The number of aromatic nitrogens is 1. The van der Waals surface area contributed by atoms with Crippen molar-refractivity contribution >= 4 is 87.7 Å². The highest BCUT2D eigenvalue weighted by Gasteiger charge is 2.26. The molecule has 1 atom stereocenters. The predicted octanol–water partition coefficient (Wildman–Crippen LogP) is 19.3. The molecule has 374 valence electrons. The summed E-state index contributed by atoms with van der Waals surface area (Å²) in [6.07, 6.45) is -0.424. The van der Waals surface area contributed by atoms with Crippen LogP contribution in [-0.4, -0.2) is 16.2 Å². The highest BCUT2D eigenvalue weighted by molar-refractivity contribution is 6.23. The number of nitrogens with zero attached hydrogens (tertiary/aromatic N) is 3. The Labute approximate surface area is 461 Å². The van der Waals surface area contributed by atoms with Gasteiger partial charge in [0.25, 0.3) is 0 Å². The van der Waals surface area contributed by atoms with E-state index in [1.807, 2.05) is 0 Å². The van der Waals surface area contributed by atoms with E-state index in [9.17, 15) is 0 Å². The molecule has 5 nitrogen and oxygen atoms in total. The number of aliphatic imine (C=N–C) groups is 2. The van der Waals surface area contributed by atoms with Gasteiger partial charge >= 0.3 is 0 Å². The van der Waals surface area contributed by atoms with E-state index in [0.717, 1.165) is 88.8 Å². The van der Waals surface area contributed by atoms with Gasteiger partial charge in [-0.15, -0.1) is 0 Å². The number of fused-ring (bicyclic) bond motifs is 9. The van der Waals surface area contributed by atoms with E-state index in [4.69, 9.17) is 14.4 Å². The van der Waals surface area contributed by atoms with E-state index in [2.05, 4.69) is 289 Å². The van der Waals surface area contributed by atoms with Gasteiger partial charge in [-0.25, -0.2) is 9.98 Å². The van der Waals surface area contributed by atoms with Crippen LogP contribution in [0.4, 0.5) is 0 Å². The molecule has 1 unspecified atom stereocenters. The minimum atomic E-state index is -0.424. The molecule has 13 aromatic carbocycles.